The first-order chi connectivity index (χ1) is 18.8. The molecule has 198 valence electrons. The van der Waals surface area contributed by atoms with Crippen molar-refractivity contribution in [2.75, 3.05) is 10.6 Å². The number of urea groups is 1. The first-order valence-corrected chi connectivity index (χ1v) is 13.4. The number of carbonyl (C=O) groups is 2. The summed E-state index contributed by atoms with van der Waals surface area (Å²) in [6, 6.07) is 27.8. The van der Waals surface area contributed by atoms with E-state index in [-0.39, 0.29) is 11.9 Å². The molecule has 0 bridgehead atoms. The lowest BCUT2D eigenvalue weighted by molar-refractivity contribution is -0.133. The van der Waals surface area contributed by atoms with Crippen molar-refractivity contribution in [3.63, 3.8) is 0 Å². The van der Waals surface area contributed by atoms with Crippen LogP contribution < -0.4 is 16.4 Å². The number of halogens is 2. The fourth-order valence-electron chi connectivity index (χ4n) is 4.76. The van der Waals surface area contributed by atoms with Gasteiger partial charge < -0.3 is 21.3 Å². The molecule has 39 heavy (non-hydrogen) atoms. The molecular formula is C31H28Cl2N4O2. The molecule has 1 atom stereocenters. The monoisotopic (exact) mass is 558 g/mol. The van der Waals surface area contributed by atoms with Crippen molar-refractivity contribution in [3.05, 3.63) is 129 Å². The van der Waals surface area contributed by atoms with Crippen LogP contribution in [0, 0.1) is 0 Å². The van der Waals surface area contributed by atoms with Gasteiger partial charge in [0.25, 0.3) is 0 Å². The van der Waals surface area contributed by atoms with Gasteiger partial charge in [0, 0.05) is 34.5 Å². The van der Waals surface area contributed by atoms with Crippen LogP contribution in [0.1, 0.15) is 27.8 Å². The van der Waals surface area contributed by atoms with E-state index in [1.165, 1.54) is 5.56 Å². The fourth-order valence-corrected chi connectivity index (χ4v) is 5.24. The zero-order valence-electron chi connectivity index (χ0n) is 21.2. The summed E-state index contributed by atoms with van der Waals surface area (Å²) in [6.45, 7) is 0.895. The summed E-state index contributed by atoms with van der Waals surface area (Å²) in [5.74, 6) is -0.153. The number of rotatable bonds is 7. The average molecular weight is 559 g/mol. The van der Waals surface area contributed by atoms with E-state index in [0.29, 0.717) is 40.9 Å². The lowest BCUT2D eigenvalue weighted by Crippen LogP contribution is -2.42. The van der Waals surface area contributed by atoms with Gasteiger partial charge in [-0.25, -0.2) is 4.79 Å². The van der Waals surface area contributed by atoms with E-state index in [1.807, 2.05) is 60.7 Å². The van der Waals surface area contributed by atoms with Crippen LogP contribution in [0.3, 0.4) is 0 Å². The standard InChI is InChI=1S/C31H28Cl2N4O2/c32-25-11-9-22(28(33)17-25)16-29(34)30(38)37-18-23-10-12-27(15-24(23)19-37)36-31(39)35-26-8-4-7-21(14-26)13-20-5-2-1-3-6-20/h1-12,14-15,17,29H,13,16,18-19,34H2,(H2,35,36,39)/t29-/m1/s1. The lowest BCUT2D eigenvalue weighted by Gasteiger charge is -2.20. The first kappa shape index (κ1) is 26.8. The number of amides is 3. The molecule has 8 heteroatoms. The van der Waals surface area contributed by atoms with E-state index in [9.17, 15) is 9.59 Å². The zero-order valence-corrected chi connectivity index (χ0v) is 22.7. The molecule has 0 unspecified atom stereocenters. The van der Waals surface area contributed by atoms with Crippen LogP contribution in [0.15, 0.2) is 91.0 Å². The highest BCUT2D eigenvalue weighted by molar-refractivity contribution is 6.35. The Morgan fingerprint density at radius 3 is 2.28 bits per heavy atom. The SMILES string of the molecule is N[C@H](Cc1ccc(Cl)cc1Cl)C(=O)N1Cc2ccc(NC(=O)Nc3cccc(Cc4ccccc4)c3)cc2C1. The minimum absolute atomic E-state index is 0.153. The van der Waals surface area contributed by atoms with E-state index >= 15 is 0 Å². The molecule has 0 aliphatic carbocycles. The molecule has 4 aromatic carbocycles. The second kappa shape index (κ2) is 11.9. The number of carbonyl (C=O) groups excluding carboxylic acids is 2. The van der Waals surface area contributed by atoms with Crippen molar-refractivity contribution < 1.29 is 9.59 Å². The molecule has 3 amide bonds. The molecule has 1 aliphatic rings. The first-order valence-electron chi connectivity index (χ1n) is 12.6. The Hall–Kier alpha value is -3.84. The summed E-state index contributed by atoms with van der Waals surface area (Å²) in [5.41, 5.74) is 12.7. The number of fused-ring (bicyclic) bond motifs is 1. The number of nitrogens with one attached hydrogen (secondary N) is 2. The molecule has 4 aromatic rings. The van der Waals surface area contributed by atoms with Gasteiger partial charge in [-0.1, -0.05) is 77.8 Å². The highest BCUT2D eigenvalue weighted by Gasteiger charge is 2.28. The third-order valence-electron chi connectivity index (χ3n) is 6.71. The third-order valence-corrected chi connectivity index (χ3v) is 7.29. The second-order valence-corrected chi connectivity index (χ2v) is 10.5. The Labute approximate surface area is 237 Å². The van der Waals surface area contributed by atoms with Gasteiger partial charge >= 0.3 is 6.03 Å². The number of anilines is 2. The van der Waals surface area contributed by atoms with Crippen LogP contribution in [-0.2, 0) is 30.7 Å². The quantitative estimate of drug-likeness (QED) is 0.237. The van der Waals surface area contributed by atoms with E-state index < -0.39 is 6.04 Å². The number of hydrogen-bond acceptors (Lipinski definition) is 3. The largest absolute Gasteiger partial charge is 0.333 e. The maximum Gasteiger partial charge on any atom is 0.323 e. The molecule has 4 N–H and O–H groups in total. The van der Waals surface area contributed by atoms with Crippen LogP contribution in [0.4, 0.5) is 16.2 Å². The number of nitrogens with zero attached hydrogens (tertiary/aromatic N) is 1. The Morgan fingerprint density at radius 2 is 1.51 bits per heavy atom. The van der Waals surface area contributed by atoms with Gasteiger partial charge in [-0.2, -0.15) is 0 Å². The number of benzene rings is 4. The minimum atomic E-state index is -0.723. The summed E-state index contributed by atoms with van der Waals surface area (Å²) < 4.78 is 0. The van der Waals surface area contributed by atoms with Crippen molar-refractivity contribution in [3.8, 4) is 0 Å². The second-order valence-electron chi connectivity index (χ2n) is 9.67. The molecule has 6 nitrogen and oxygen atoms in total. The normalized spacial score (nSPS) is 13.1. The highest BCUT2D eigenvalue weighted by Crippen LogP contribution is 2.28. The maximum atomic E-state index is 13.1. The zero-order chi connectivity index (χ0) is 27.4. The predicted molar refractivity (Wildman–Crippen MR) is 157 cm³/mol. The molecule has 0 saturated carbocycles. The molecule has 1 aliphatic heterocycles. The van der Waals surface area contributed by atoms with Crippen LogP contribution in [0.2, 0.25) is 10.0 Å². The maximum absolute atomic E-state index is 13.1. The van der Waals surface area contributed by atoms with E-state index in [2.05, 4.69) is 22.8 Å². The molecule has 5 rings (SSSR count). The van der Waals surface area contributed by atoms with Gasteiger partial charge in [0.1, 0.15) is 0 Å². The summed E-state index contributed by atoms with van der Waals surface area (Å²) in [7, 11) is 0. The van der Waals surface area contributed by atoms with Crippen LogP contribution in [0.25, 0.3) is 0 Å². The molecule has 0 aromatic heterocycles. The Balaban J connectivity index is 1.17. The van der Waals surface area contributed by atoms with Crippen molar-refractivity contribution in [1.29, 1.82) is 0 Å². The van der Waals surface area contributed by atoms with E-state index in [4.69, 9.17) is 28.9 Å². The van der Waals surface area contributed by atoms with Gasteiger partial charge in [0.05, 0.1) is 6.04 Å². The predicted octanol–water partition coefficient (Wildman–Crippen LogP) is 6.64. The van der Waals surface area contributed by atoms with E-state index in [1.54, 1.807) is 23.1 Å². The smallest absolute Gasteiger partial charge is 0.323 e. The summed E-state index contributed by atoms with van der Waals surface area (Å²) in [5, 5.41) is 6.83. The summed E-state index contributed by atoms with van der Waals surface area (Å²) >= 11 is 12.2. The van der Waals surface area contributed by atoms with Gasteiger partial charge in [-0.15, -0.1) is 0 Å². The van der Waals surface area contributed by atoms with Gasteiger partial charge in [0.2, 0.25) is 5.91 Å². The molecule has 0 spiro atoms. The van der Waals surface area contributed by atoms with Crippen LogP contribution in [-0.4, -0.2) is 22.9 Å². The number of hydrogen-bond donors (Lipinski definition) is 3. The summed E-state index contributed by atoms with van der Waals surface area (Å²) in [4.78, 5) is 27.5. The van der Waals surface area contributed by atoms with Crippen LogP contribution >= 0.6 is 23.2 Å². The van der Waals surface area contributed by atoms with Crippen LogP contribution in [0.5, 0.6) is 0 Å². The molecule has 0 radical (unpaired) electrons. The van der Waals surface area contributed by atoms with Gasteiger partial charge in [-0.05, 0) is 77.1 Å². The van der Waals surface area contributed by atoms with Gasteiger partial charge in [-0.3, -0.25) is 4.79 Å². The molecule has 0 saturated heterocycles. The van der Waals surface area contributed by atoms with E-state index in [0.717, 1.165) is 28.7 Å². The van der Waals surface area contributed by atoms with Crippen molar-refractivity contribution >= 4 is 46.5 Å². The Morgan fingerprint density at radius 1 is 0.795 bits per heavy atom. The Bertz CT molecular complexity index is 1510. The van der Waals surface area contributed by atoms with Gasteiger partial charge in [0.15, 0.2) is 0 Å². The fraction of sp³-hybridized carbons (Fsp3) is 0.161. The van der Waals surface area contributed by atoms with Crippen molar-refractivity contribution in [2.45, 2.75) is 32.0 Å². The lowest BCUT2D eigenvalue weighted by atomic mass is 10.0. The highest BCUT2D eigenvalue weighted by atomic mass is 35.5. The molecular weight excluding hydrogens is 531 g/mol. The topological polar surface area (TPSA) is 87.5 Å². The molecule has 1 heterocycles. The van der Waals surface area contributed by atoms with Crippen molar-refractivity contribution in [1.82, 2.24) is 4.90 Å². The minimum Gasteiger partial charge on any atom is -0.333 e. The van der Waals surface area contributed by atoms with Crippen molar-refractivity contribution in [2.24, 2.45) is 5.73 Å². The molecule has 0 fully saturated rings. The third kappa shape index (κ3) is 6.79. The number of nitrogens with two attached hydrogens (primary N) is 1. The summed E-state index contributed by atoms with van der Waals surface area (Å²) in [6.07, 6.45) is 1.11. The Kier molecular flexibility index (Phi) is 8.17. The average Bonchev–Trinajstić information content (AvgIpc) is 3.34.